The highest BCUT2D eigenvalue weighted by molar-refractivity contribution is 6.04. The smallest absolute Gasteiger partial charge is 0.255 e. The molecule has 0 atom stereocenters. The van der Waals surface area contributed by atoms with Crippen LogP contribution in [0.2, 0.25) is 0 Å². The second-order valence-corrected chi connectivity index (χ2v) is 4.67. The lowest BCUT2D eigenvalue weighted by Gasteiger charge is -2.10. The highest BCUT2D eigenvalue weighted by Crippen LogP contribution is 2.21. The number of hydrogen-bond donors (Lipinski definition) is 2. The van der Waals surface area contributed by atoms with E-state index in [1.165, 1.54) is 31.2 Å². The summed E-state index contributed by atoms with van der Waals surface area (Å²) in [6, 6.07) is 10.5. The molecule has 0 radical (unpaired) electrons. The maximum atomic E-state index is 12.8. The molecule has 2 N–H and O–H groups in total. The number of rotatable bonds is 3. The Balaban J connectivity index is 2.17. The molecule has 2 aromatic rings. The van der Waals surface area contributed by atoms with Gasteiger partial charge in [0.25, 0.3) is 5.91 Å². The number of carbonyl (C=O) groups excluding carboxylic acids is 2. The molecule has 0 unspecified atom stereocenters. The number of halogens is 1. The monoisotopic (exact) mass is 286 g/mol. The van der Waals surface area contributed by atoms with Gasteiger partial charge in [0.2, 0.25) is 5.91 Å². The number of nitrogens with one attached hydrogen (secondary N) is 2. The minimum Gasteiger partial charge on any atom is -0.326 e. The Bertz CT molecular complexity index is 681. The molecule has 0 saturated heterocycles. The molecule has 4 nitrogen and oxygen atoms in total. The van der Waals surface area contributed by atoms with Crippen molar-refractivity contribution >= 4 is 23.2 Å². The summed E-state index contributed by atoms with van der Waals surface area (Å²) in [4.78, 5) is 23.1. The minimum atomic E-state index is -0.394. The van der Waals surface area contributed by atoms with Crippen LogP contribution in [-0.4, -0.2) is 11.8 Å². The molecule has 2 rings (SSSR count). The Labute approximate surface area is 122 Å². The molecule has 0 saturated carbocycles. The topological polar surface area (TPSA) is 58.2 Å². The van der Waals surface area contributed by atoms with E-state index in [0.29, 0.717) is 16.9 Å². The third kappa shape index (κ3) is 3.89. The summed E-state index contributed by atoms with van der Waals surface area (Å²) in [6.07, 6.45) is 0. The van der Waals surface area contributed by atoms with Crippen LogP contribution < -0.4 is 10.6 Å². The number of benzene rings is 2. The van der Waals surface area contributed by atoms with Gasteiger partial charge in [0, 0.05) is 23.9 Å². The first kappa shape index (κ1) is 14.7. The molecule has 0 aliphatic rings. The number of hydrogen-bond acceptors (Lipinski definition) is 2. The van der Waals surface area contributed by atoms with Gasteiger partial charge in [-0.05, 0) is 48.9 Å². The summed E-state index contributed by atoms with van der Waals surface area (Å²) in [5.74, 6) is -0.914. The van der Waals surface area contributed by atoms with E-state index in [1.807, 2.05) is 6.92 Å². The summed E-state index contributed by atoms with van der Waals surface area (Å²) in [7, 11) is 0. The Morgan fingerprint density at radius 2 is 1.67 bits per heavy atom. The fourth-order valence-corrected chi connectivity index (χ4v) is 1.83. The Morgan fingerprint density at radius 3 is 2.29 bits per heavy atom. The van der Waals surface area contributed by atoms with Gasteiger partial charge in [-0.1, -0.05) is 6.07 Å². The number of aryl methyl sites for hydroxylation is 1. The van der Waals surface area contributed by atoms with Crippen LogP contribution >= 0.6 is 0 Å². The molecule has 0 aromatic heterocycles. The van der Waals surface area contributed by atoms with Crippen molar-refractivity contribution < 1.29 is 14.0 Å². The first-order chi connectivity index (χ1) is 9.95. The van der Waals surface area contributed by atoms with Crippen LogP contribution in [0.1, 0.15) is 22.8 Å². The van der Waals surface area contributed by atoms with Gasteiger partial charge in [0.05, 0.1) is 0 Å². The van der Waals surface area contributed by atoms with E-state index in [-0.39, 0.29) is 11.8 Å². The predicted molar refractivity (Wildman–Crippen MR) is 79.8 cm³/mol. The average Bonchev–Trinajstić information content (AvgIpc) is 2.42. The highest BCUT2D eigenvalue weighted by Gasteiger charge is 2.08. The molecule has 0 spiro atoms. The van der Waals surface area contributed by atoms with Crippen molar-refractivity contribution in [1.29, 1.82) is 0 Å². The molecule has 21 heavy (non-hydrogen) atoms. The highest BCUT2D eigenvalue weighted by atomic mass is 19.1. The lowest BCUT2D eigenvalue weighted by atomic mass is 10.1. The van der Waals surface area contributed by atoms with Crippen LogP contribution in [0, 0.1) is 12.7 Å². The van der Waals surface area contributed by atoms with Crippen LogP contribution in [0.25, 0.3) is 0 Å². The van der Waals surface area contributed by atoms with E-state index < -0.39 is 5.82 Å². The zero-order chi connectivity index (χ0) is 15.4. The van der Waals surface area contributed by atoms with Crippen LogP contribution in [0.4, 0.5) is 15.8 Å². The fourth-order valence-electron chi connectivity index (χ4n) is 1.83. The quantitative estimate of drug-likeness (QED) is 0.909. The first-order valence-corrected chi connectivity index (χ1v) is 6.41. The second-order valence-electron chi connectivity index (χ2n) is 4.67. The van der Waals surface area contributed by atoms with Gasteiger partial charge in [-0.15, -0.1) is 0 Å². The third-order valence-electron chi connectivity index (χ3n) is 2.91. The first-order valence-electron chi connectivity index (χ1n) is 6.41. The largest absolute Gasteiger partial charge is 0.326 e. The molecule has 0 heterocycles. The molecule has 0 bridgehead atoms. The van der Waals surface area contributed by atoms with Crippen LogP contribution in [-0.2, 0) is 4.79 Å². The van der Waals surface area contributed by atoms with Crippen molar-refractivity contribution in [1.82, 2.24) is 0 Å². The molecule has 108 valence electrons. The van der Waals surface area contributed by atoms with Crippen molar-refractivity contribution in [2.24, 2.45) is 0 Å². The predicted octanol–water partition coefficient (Wildman–Crippen LogP) is 3.34. The van der Waals surface area contributed by atoms with E-state index in [1.54, 1.807) is 18.2 Å². The SMILES string of the molecule is CC(=O)Nc1cc(NC(=O)c2ccc(F)cc2)ccc1C. The number of anilines is 2. The Hall–Kier alpha value is -2.69. The van der Waals surface area contributed by atoms with Crippen molar-refractivity contribution in [2.45, 2.75) is 13.8 Å². The number of amides is 2. The number of carbonyl (C=O) groups is 2. The molecule has 2 aromatic carbocycles. The third-order valence-corrected chi connectivity index (χ3v) is 2.91. The van der Waals surface area contributed by atoms with Crippen LogP contribution in [0.15, 0.2) is 42.5 Å². The molecule has 0 aliphatic heterocycles. The molecule has 0 aliphatic carbocycles. The van der Waals surface area contributed by atoms with Crippen molar-refractivity contribution in [3.05, 3.63) is 59.4 Å². The zero-order valence-electron chi connectivity index (χ0n) is 11.7. The molecule has 5 heteroatoms. The van der Waals surface area contributed by atoms with Crippen molar-refractivity contribution in [3.63, 3.8) is 0 Å². The van der Waals surface area contributed by atoms with Gasteiger partial charge >= 0.3 is 0 Å². The van der Waals surface area contributed by atoms with Crippen molar-refractivity contribution in [3.8, 4) is 0 Å². The Morgan fingerprint density at radius 1 is 1.00 bits per heavy atom. The summed E-state index contributed by atoms with van der Waals surface area (Å²) in [5, 5.41) is 5.40. The van der Waals surface area contributed by atoms with Gasteiger partial charge in [0.1, 0.15) is 5.82 Å². The summed E-state index contributed by atoms with van der Waals surface area (Å²) < 4.78 is 12.8. The standard InChI is InChI=1S/C16H15FN2O2/c1-10-3-8-14(9-15(10)18-11(2)20)19-16(21)12-4-6-13(17)7-5-12/h3-9H,1-2H3,(H,18,20)(H,19,21). The van der Waals surface area contributed by atoms with E-state index in [4.69, 9.17) is 0 Å². The van der Waals surface area contributed by atoms with Gasteiger partial charge in [-0.2, -0.15) is 0 Å². The van der Waals surface area contributed by atoms with Gasteiger partial charge in [-0.3, -0.25) is 9.59 Å². The van der Waals surface area contributed by atoms with Crippen LogP contribution in [0.3, 0.4) is 0 Å². The van der Waals surface area contributed by atoms with E-state index in [0.717, 1.165) is 5.56 Å². The van der Waals surface area contributed by atoms with Gasteiger partial charge in [0.15, 0.2) is 0 Å². The van der Waals surface area contributed by atoms with E-state index in [2.05, 4.69) is 10.6 Å². The Kier molecular flexibility index (Phi) is 4.33. The lowest BCUT2D eigenvalue weighted by Crippen LogP contribution is -2.13. The lowest BCUT2D eigenvalue weighted by molar-refractivity contribution is -0.114. The zero-order valence-corrected chi connectivity index (χ0v) is 11.7. The van der Waals surface area contributed by atoms with Crippen LogP contribution in [0.5, 0.6) is 0 Å². The summed E-state index contributed by atoms with van der Waals surface area (Å²) in [6.45, 7) is 3.28. The van der Waals surface area contributed by atoms with Gasteiger partial charge < -0.3 is 10.6 Å². The van der Waals surface area contributed by atoms with E-state index >= 15 is 0 Å². The maximum Gasteiger partial charge on any atom is 0.255 e. The molecule has 0 fully saturated rings. The molecular formula is C16H15FN2O2. The molecule has 2 amide bonds. The van der Waals surface area contributed by atoms with Gasteiger partial charge in [-0.25, -0.2) is 4.39 Å². The second kappa shape index (κ2) is 6.17. The molecular weight excluding hydrogens is 271 g/mol. The maximum absolute atomic E-state index is 12.8. The summed E-state index contributed by atoms with van der Waals surface area (Å²) in [5.41, 5.74) is 2.45. The average molecular weight is 286 g/mol. The normalized spacial score (nSPS) is 10.0. The van der Waals surface area contributed by atoms with E-state index in [9.17, 15) is 14.0 Å². The summed E-state index contributed by atoms with van der Waals surface area (Å²) >= 11 is 0. The van der Waals surface area contributed by atoms with Crippen molar-refractivity contribution in [2.75, 3.05) is 10.6 Å². The minimum absolute atomic E-state index is 0.180. The fraction of sp³-hybridized carbons (Fsp3) is 0.125.